The Morgan fingerprint density at radius 1 is 0.716 bits per heavy atom. The van der Waals surface area contributed by atoms with Crippen LogP contribution in [0, 0.1) is 0 Å². The molecule has 4 aliphatic rings. The van der Waals surface area contributed by atoms with Gasteiger partial charge in [0.05, 0.1) is 60.1 Å². The zero-order chi connectivity index (χ0) is 52.0. The fourth-order valence-corrected chi connectivity index (χ4v) is 13.0. The van der Waals surface area contributed by atoms with Crippen LogP contribution in [0.15, 0.2) is 54.7 Å². The maximum atomic E-state index is 12.9. The maximum Gasteiger partial charge on any atom is 1.00 e. The number of hydrogen-bond acceptors (Lipinski definition) is 28. The summed E-state index contributed by atoms with van der Waals surface area (Å²) < 4.78 is 11.6. The summed E-state index contributed by atoms with van der Waals surface area (Å²) >= 11 is 18.6. The molecule has 4 aromatic rings. The Morgan fingerprint density at radius 2 is 1.09 bits per heavy atom. The summed E-state index contributed by atoms with van der Waals surface area (Å²) in [5.41, 5.74) is 14.1. The van der Waals surface area contributed by atoms with Crippen LogP contribution in [0.2, 0.25) is 0 Å². The summed E-state index contributed by atoms with van der Waals surface area (Å²) in [6.45, 7) is -0.430. The molecule has 8 rings (SSSR count). The Morgan fingerprint density at radius 3 is 1.41 bits per heavy atom. The number of nitrogens with zero attached hydrogens (tertiary/aromatic N) is 12. The minimum Gasteiger partial charge on any atom is -0.543 e. The molecule has 4 atom stereocenters. The van der Waals surface area contributed by atoms with Crippen LogP contribution in [0.5, 0.6) is 0 Å². The normalized spacial score (nSPS) is 19.0. The summed E-state index contributed by atoms with van der Waals surface area (Å²) in [5, 5.41) is 54.0. The van der Waals surface area contributed by atoms with Gasteiger partial charge in [-0.25, -0.2) is 19.3 Å². The van der Waals surface area contributed by atoms with Crippen molar-refractivity contribution in [3.63, 3.8) is 0 Å². The van der Waals surface area contributed by atoms with Crippen LogP contribution in [0.25, 0.3) is 11.1 Å². The summed E-state index contributed by atoms with van der Waals surface area (Å²) in [5.74, 6) is -5.94. The van der Waals surface area contributed by atoms with Crippen molar-refractivity contribution in [2.45, 2.75) is 46.2 Å². The first-order valence-electron chi connectivity index (χ1n) is 19.8. The number of aromatic nitrogens is 10. The Balaban J connectivity index is 0.000000267. The third kappa shape index (κ3) is 13.4. The quantitative estimate of drug-likeness (QED) is 0.0236. The van der Waals surface area contributed by atoms with Crippen LogP contribution in [0.1, 0.15) is 11.4 Å². The molecule has 38 heteroatoms. The molecule has 380 valence electrons. The molecule has 4 aliphatic heterocycles. The maximum absolute atomic E-state index is 12.9. The Kier molecular flexibility index (Phi) is 22.2. The molecule has 0 aromatic carbocycles. The second-order valence-corrected chi connectivity index (χ2v) is 20.7. The Hall–Kier alpha value is -4.30. The topological polar surface area (TPSA) is 397 Å². The molecule has 0 bridgehead atoms. The van der Waals surface area contributed by atoms with Gasteiger partial charge < -0.3 is 51.4 Å². The first-order chi connectivity index (χ1) is 34.5. The van der Waals surface area contributed by atoms with Gasteiger partial charge in [-0.1, -0.05) is 46.7 Å². The fraction of sp³-hybridized carbons (Fsp3) is 0.333. The van der Waals surface area contributed by atoms with Crippen LogP contribution >= 0.6 is 92.9 Å². The van der Waals surface area contributed by atoms with Gasteiger partial charge in [0, 0.05) is 44.8 Å². The van der Waals surface area contributed by atoms with E-state index in [1.165, 1.54) is 47.1 Å². The molecule has 0 aliphatic carbocycles. The number of anilines is 2. The number of nitrogens with two attached hydrogens (primary N) is 2. The predicted molar refractivity (Wildman–Crippen MR) is 256 cm³/mol. The smallest absolute Gasteiger partial charge is 0.543 e. The van der Waals surface area contributed by atoms with Crippen molar-refractivity contribution in [1.29, 1.82) is 0 Å². The van der Waals surface area contributed by atoms with E-state index in [1.807, 2.05) is 0 Å². The first-order valence-corrected chi connectivity index (χ1v) is 26.5. The molecule has 0 saturated carbocycles. The number of fused-ring (bicyclic) bond motifs is 2. The van der Waals surface area contributed by atoms with Gasteiger partial charge in [0.2, 0.25) is 10.3 Å². The van der Waals surface area contributed by atoms with Gasteiger partial charge in [0.1, 0.15) is 35.9 Å². The van der Waals surface area contributed by atoms with Crippen LogP contribution in [0.3, 0.4) is 0 Å². The van der Waals surface area contributed by atoms with Crippen LogP contribution in [0.4, 0.5) is 10.3 Å². The number of carboxylic acid groups (broad SMARTS) is 2. The molecular formula is C36H32Cl2N16Na2O12S6. The summed E-state index contributed by atoms with van der Waals surface area (Å²) in [4.78, 5) is 108. The second kappa shape index (κ2) is 27.1. The van der Waals surface area contributed by atoms with Gasteiger partial charge in [-0.05, 0) is 32.0 Å². The molecule has 6 N–H and O–H groups in total. The van der Waals surface area contributed by atoms with Gasteiger partial charge in [-0.3, -0.25) is 38.6 Å². The van der Waals surface area contributed by atoms with E-state index in [-0.39, 0.29) is 150 Å². The molecular weight excluding hydrogens is 1160 g/mol. The van der Waals surface area contributed by atoms with E-state index in [0.29, 0.717) is 11.1 Å². The van der Waals surface area contributed by atoms with Crippen molar-refractivity contribution >= 4 is 162 Å². The second-order valence-electron chi connectivity index (χ2n) is 14.4. The first kappa shape index (κ1) is 60.6. The molecule has 4 amide bonds. The van der Waals surface area contributed by atoms with Gasteiger partial charge >= 0.3 is 71.1 Å². The number of hydrogen-bond donors (Lipinski definition) is 4. The number of carbonyl (C=O) groups excluding carboxylic acids is 8. The number of thioether (sulfide) groups is 4. The number of amides is 4. The number of β-lactam (4-membered cyclic amide) rings is 2. The number of carboxylic acids is 2. The number of esters is 2. The largest absolute Gasteiger partial charge is 1.00 e. The van der Waals surface area contributed by atoms with Crippen molar-refractivity contribution in [2.24, 2.45) is 0 Å². The molecule has 2 saturated heterocycles. The number of aliphatic carboxylic acids is 2. The predicted octanol–water partition coefficient (Wildman–Crippen LogP) is -8.67. The number of nitrogen functional groups attached to an aromatic ring is 2. The molecule has 4 aromatic heterocycles. The van der Waals surface area contributed by atoms with Crippen molar-refractivity contribution in [1.82, 2.24) is 70.8 Å². The monoisotopic (exact) mass is 1190 g/mol. The van der Waals surface area contributed by atoms with Gasteiger partial charge in [-0.2, -0.15) is 0 Å². The van der Waals surface area contributed by atoms with Crippen LogP contribution < -0.4 is 91.4 Å². The standard InChI is InChI=1S/2C18H17ClN8O6S3.2Na/c2*1-33-10(28)3-26-18(23-24-25-26)36-5-7-4-34-15-11(14(30)27(15)12(7)16(31)32)22-13(29)8(2-19)9-6-35-17(20)21-9;;/h2*2,6,11,15H,3-5H2,1H3,(H2,20,21)(H,22,29)(H,31,32);;/q;;2*+1/p-2/t2*11?,15-;;/m11../s1. The molecule has 0 spiro atoms. The number of thiazole rings is 2. The number of nitrogens with one attached hydrogen (secondary N) is 2. The SMILES string of the molecule is COC(=O)Cn1nnnc1SCC1=C(C(=O)[O-])N2C(=O)C(NC(=O)C(=CCl)c3csc(N)n3)[C@H]2SC1.COC(=O)Cn1nnnc1SCC1=C(C(=O)[O-])N2C(=O)C(NC(=O)C(=CCl)c3csc(N)n3)[C@H]2SC1.[Na+].[Na+]. The third-order valence-electron chi connectivity index (χ3n) is 10.1. The summed E-state index contributed by atoms with van der Waals surface area (Å²) in [6.07, 6.45) is 0. The van der Waals surface area contributed by atoms with Crippen LogP contribution in [-0.4, -0.2) is 168 Å². The van der Waals surface area contributed by atoms with E-state index in [2.05, 4.69) is 61.1 Å². The number of tetrazole rings is 2. The van der Waals surface area contributed by atoms with Crippen molar-refractivity contribution in [3.8, 4) is 0 Å². The third-order valence-corrected chi connectivity index (χ3v) is 16.7. The molecule has 2 unspecified atom stereocenters. The molecule has 28 nitrogen and oxygen atoms in total. The van der Waals surface area contributed by atoms with E-state index < -0.39 is 70.3 Å². The number of methoxy groups -OCH3 is 2. The Bertz CT molecular complexity index is 2790. The number of ether oxygens (including phenoxy) is 2. The van der Waals surface area contributed by atoms with Gasteiger partial charge in [0.15, 0.2) is 10.3 Å². The molecule has 74 heavy (non-hydrogen) atoms. The number of carbonyl (C=O) groups is 8. The number of rotatable bonds is 18. The zero-order valence-electron chi connectivity index (χ0n) is 38.5. The average molecular weight is 1190 g/mol. The fourth-order valence-electron chi connectivity index (χ4n) is 6.74. The van der Waals surface area contributed by atoms with Crippen molar-refractivity contribution in [2.75, 3.05) is 48.7 Å². The summed E-state index contributed by atoms with van der Waals surface area (Å²) in [7, 11) is 2.46. The number of halogens is 2. The van der Waals surface area contributed by atoms with E-state index in [9.17, 15) is 48.6 Å². The Labute approximate surface area is 495 Å². The zero-order valence-corrected chi connectivity index (χ0v) is 48.9. The molecule has 2 fully saturated rings. The minimum absolute atomic E-state index is 0. The minimum atomic E-state index is -1.53. The average Bonchev–Trinajstić information content (AvgIpc) is 4.20. The van der Waals surface area contributed by atoms with Crippen molar-refractivity contribution < 1.29 is 117 Å². The summed E-state index contributed by atoms with van der Waals surface area (Å²) in [6, 6.07) is -1.94. The van der Waals surface area contributed by atoms with E-state index in [1.54, 1.807) is 10.8 Å². The van der Waals surface area contributed by atoms with Crippen LogP contribution in [-0.2, 0) is 60.9 Å². The molecule has 0 radical (unpaired) electrons. The molecule has 8 heterocycles. The van der Waals surface area contributed by atoms with Crippen molar-refractivity contribution in [3.05, 3.63) is 55.8 Å². The van der Waals surface area contributed by atoms with Gasteiger partial charge in [-0.15, -0.1) is 56.4 Å². The van der Waals surface area contributed by atoms with Gasteiger partial charge in [0.25, 0.3) is 23.6 Å². The van der Waals surface area contributed by atoms with E-state index in [4.69, 9.17) is 34.7 Å². The van der Waals surface area contributed by atoms with E-state index in [0.717, 1.165) is 67.1 Å². The van der Waals surface area contributed by atoms with E-state index >= 15 is 0 Å².